The van der Waals surface area contributed by atoms with Gasteiger partial charge in [0, 0.05) is 5.56 Å². The number of halogens is 2. The lowest BCUT2D eigenvalue weighted by atomic mass is 9.98. The molecule has 0 fully saturated rings. The van der Waals surface area contributed by atoms with E-state index in [9.17, 15) is 9.90 Å². The number of nitrogens with one attached hydrogen (secondary N) is 1. The zero-order valence-corrected chi connectivity index (χ0v) is 11.8. The lowest BCUT2D eigenvalue weighted by Gasteiger charge is -2.17. The second-order valence-corrected chi connectivity index (χ2v) is 5.72. The number of hydrogen-bond acceptors (Lipinski definition) is 2. The first-order valence-corrected chi connectivity index (χ1v) is 6.22. The summed E-state index contributed by atoms with van der Waals surface area (Å²) in [5, 5.41) is 13.5. The Morgan fingerprint density at radius 1 is 1.22 bits per heavy atom. The Morgan fingerprint density at radius 3 is 2.11 bits per heavy atom. The second-order valence-electron chi connectivity index (χ2n) is 4.91. The van der Waals surface area contributed by atoms with Crippen molar-refractivity contribution in [2.24, 2.45) is 0 Å². The zero-order chi connectivity index (χ0) is 13.7. The highest BCUT2D eigenvalue weighted by Gasteiger charge is 2.40. The third-order valence-corrected chi connectivity index (χ3v) is 3.51. The molecule has 0 saturated carbocycles. The summed E-state index contributed by atoms with van der Waals surface area (Å²) in [6.45, 7) is 5.28. The van der Waals surface area contributed by atoms with Gasteiger partial charge in [-0.1, -0.05) is 23.2 Å². The summed E-state index contributed by atoms with van der Waals surface area (Å²) in [7, 11) is 0. The van der Waals surface area contributed by atoms with Gasteiger partial charge < -0.3 is 10.4 Å². The summed E-state index contributed by atoms with van der Waals surface area (Å²) in [6, 6.07) is 3.42. The minimum atomic E-state index is -0.802. The van der Waals surface area contributed by atoms with Crippen LogP contribution in [0.5, 0.6) is 0 Å². The molecule has 3 nitrogen and oxygen atoms in total. The fourth-order valence-corrected chi connectivity index (χ4v) is 2.78. The first-order valence-electron chi connectivity index (χ1n) is 5.46. The van der Waals surface area contributed by atoms with E-state index < -0.39 is 5.54 Å². The predicted octanol–water partition coefficient (Wildman–Crippen LogP) is 3.48. The highest BCUT2D eigenvalue weighted by molar-refractivity contribution is 6.41. The highest BCUT2D eigenvalue weighted by atomic mass is 35.5. The van der Waals surface area contributed by atoms with Crippen LogP contribution in [0.25, 0.3) is 5.57 Å². The van der Waals surface area contributed by atoms with Crippen LogP contribution in [0.2, 0.25) is 10.0 Å². The Balaban J connectivity index is 2.71. The number of amides is 1. The van der Waals surface area contributed by atoms with Crippen LogP contribution in [0.3, 0.4) is 0 Å². The number of aryl methyl sites for hydroxylation is 1. The number of carbonyl (C=O) groups excluding carboxylic acids is 1. The molecule has 0 bridgehead atoms. The van der Waals surface area contributed by atoms with Crippen LogP contribution in [0, 0.1) is 6.92 Å². The van der Waals surface area contributed by atoms with Crippen LogP contribution >= 0.6 is 23.2 Å². The van der Waals surface area contributed by atoms with Crippen molar-refractivity contribution < 1.29 is 9.90 Å². The standard InChI is InChI=1S/C13H13Cl2NO2/c1-6-4-7(14)9(8(15)5-6)10-11(17)13(2,3)16-12(10)18/h4-5,17H,1-3H3,(H,16,18). The molecule has 1 aromatic rings. The lowest BCUT2D eigenvalue weighted by molar-refractivity contribution is -0.115. The van der Waals surface area contributed by atoms with E-state index in [4.69, 9.17) is 23.2 Å². The van der Waals surface area contributed by atoms with Crippen LogP contribution in [0.15, 0.2) is 17.9 Å². The molecule has 1 heterocycles. The Morgan fingerprint density at radius 2 is 1.72 bits per heavy atom. The Hall–Kier alpha value is -1.19. The van der Waals surface area contributed by atoms with Gasteiger partial charge in [0.25, 0.3) is 5.91 Å². The van der Waals surface area contributed by atoms with Crippen molar-refractivity contribution in [3.8, 4) is 0 Å². The largest absolute Gasteiger partial charge is 0.509 e. The number of benzene rings is 1. The monoisotopic (exact) mass is 285 g/mol. The SMILES string of the molecule is Cc1cc(Cl)c(C2=C(O)C(C)(C)NC2=O)c(Cl)c1. The van der Waals surface area contributed by atoms with E-state index in [-0.39, 0.29) is 17.2 Å². The third kappa shape index (κ3) is 1.98. The normalized spacial score (nSPS) is 18.2. The number of aliphatic hydroxyl groups excluding tert-OH is 1. The number of carbonyl (C=O) groups is 1. The second kappa shape index (κ2) is 4.18. The van der Waals surface area contributed by atoms with Crippen molar-refractivity contribution in [3.05, 3.63) is 39.1 Å². The summed E-state index contributed by atoms with van der Waals surface area (Å²) in [5.74, 6) is -0.412. The molecule has 96 valence electrons. The first-order chi connectivity index (χ1) is 8.24. The van der Waals surface area contributed by atoms with Gasteiger partial charge >= 0.3 is 0 Å². The molecular weight excluding hydrogens is 273 g/mol. The zero-order valence-electron chi connectivity index (χ0n) is 10.3. The summed E-state index contributed by atoms with van der Waals surface area (Å²) in [6.07, 6.45) is 0. The molecule has 0 spiro atoms. The minimum Gasteiger partial charge on any atom is -0.509 e. The maximum atomic E-state index is 11.9. The van der Waals surface area contributed by atoms with Crippen molar-refractivity contribution >= 4 is 34.7 Å². The Labute approximate surface area is 115 Å². The fraction of sp³-hybridized carbons (Fsp3) is 0.308. The van der Waals surface area contributed by atoms with Gasteiger partial charge in [0.1, 0.15) is 5.76 Å². The molecule has 0 aliphatic carbocycles. The molecular formula is C13H13Cl2NO2. The molecule has 0 saturated heterocycles. The molecule has 0 aromatic heterocycles. The van der Waals surface area contributed by atoms with E-state index in [0.29, 0.717) is 15.6 Å². The maximum Gasteiger partial charge on any atom is 0.256 e. The van der Waals surface area contributed by atoms with Gasteiger partial charge in [0.05, 0.1) is 21.2 Å². The van der Waals surface area contributed by atoms with E-state index in [1.54, 1.807) is 26.0 Å². The minimum absolute atomic E-state index is 0.0415. The van der Waals surface area contributed by atoms with E-state index in [1.165, 1.54) is 0 Å². The maximum absolute atomic E-state index is 11.9. The van der Waals surface area contributed by atoms with Crippen LogP contribution < -0.4 is 5.32 Å². The molecule has 1 aliphatic heterocycles. The molecule has 0 unspecified atom stereocenters. The first kappa shape index (κ1) is 13.2. The molecule has 2 rings (SSSR count). The van der Waals surface area contributed by atoms with Gasteiger partial charge in [-0.3, -0.25) is 4.79 Å². The third-order valence-electron chi connectivity index (χ3n) is 2.92. The van der Waals surface area contributed by atoms with E-state index in [1.807, 2.05) is 6.92 Å². The van der Waals surface area contributed by atoms with Crippen LogP contribution in [0.4, 0.5) is 0 Å². The van der Waals surface area contributed by atoms with Gasteiger partial charge in [-0.25, -0.2) is 0 Å². The predicted molar refractivity (Wildman–Crippen MR) is 73.0 cm³/mol. The van der Waals surface area contributed by atoms with Crippen LogP contribution in [-0.2, 0) is 4.79 Å². The summed E-state index contributed by atoms with van der Waals surface area (Å²) in [4.78, 5) is 11.9. The van der Waals surface area contributed by atoms with E-state index >= 15 is 0 Å². The van der Waals surface area contributed by atoms with Gasteiger partial charge in [-0.05, 0) is 38.5 Å². The van der Waals surface area contributed by atoms with Crippen LogP contribution in [0.1, 0.15) is 25.0 Å². The van der Waals surface area contributed by atoms with Crippen molar-refractivity contribution in [2.75, 3.05) is 0 Å². The summed E-state index contributed by atoms with van der Waals surface area (Å²) < 4.78 is 0. The summed E-state index contributed by atoms with van der Waals surface area (Å²) >= 11 is 12.3. The number of rotatable bonds is 1. The van der Waals surface area contributed by atoms with Crippen molar-refractivity contribution in [3.63, 3.8) is 0 Å². The lowest BCUT2D eigenvalue weighted by Crippen LogP contribution is -2.38. The fourth-order valence-electron chi connectivity index (χ4n) is 2.00. The molecule has 18 heavy (non-hydrogen) atoms. The molecule has 1 amide bonds. The molecule has 0 atom stereocenters. The van der Waals surface area contributed by atoms with E-state index in [0.717, 1.165) is 5.56 Å². The van der Waals surface area contributed by atoms with Crippen molar-refractivity contribution in [1.82, 2.24) is 5.32 Å². The quantitative estimate of drug-likeness (QED) is 0.830. The highest BCUT2D eigenvalue weighted by Crippen LogP contribution is 2.38. The Bertz CT molecular complexity index is 553. The molecule has 2 N–H and O–H groups in total. The number of aliphatic hydroxyl groups is 1. The smallest absolute Gasteiger partial charge is 0.256 e. The average Bonchev–Trinajstić information content (AvgIpc) is 2.38. The van der Waals surface area contributed by atoms with Crippen molar-refractivity contribution in [2.45, 2.75) is 26.3 Å². The van der Waals surface area contributed by atoms with Gasteiger partial charge in [0.15, 0.2) is 0 Å². The van der Waals surface area contributed by atoms with Gasteiger partial charge in [-0.2, -0.15) is 0 Å². The topological polar surface area (TPSA) is 49.3 Å². The van der Waals surface area contributed by atoms with Crippen molar-refractivity contribution in [1.29, 1.82) is 0 Å². The van der Waals surface area contributed by atoms with Gasteiger partial charge in [0.2, 0.25) is 0 Å². The van der Waals surface area contributed by atoms with Gasteiger partial charge in [-0.15, -0.1) is 0 Å². The van der Waals surface area contributed by atoms with Crippen LogP contribution in [-0.4, -0.2) is 16.6 Å². The molecule has 1 aliphatic rings. The van der Waals surface area contributed by atoms with E-state index in [2.05, 4.69) is 5.32 Å². The average molecular weight is 286 g/mol. The Kier molecular flexibility index (Phi) is 3.07. The molecule has 5 heteroatoms. The molecule has 0 radical (unpaired) electrons. The molecule has 1 aromatic carbocycles. The summed E-state index contributed by atoms with van der Waals surface area (Å²) in [5.41, 5.74) is 0.621. The number of hydrogen-bond donors (Lipinski definition) is 2.